The number of hydrogen-bond donors (Lipinski definition) is 2. The first kappa shape index (κ1) is 15.5. The highest BCUT2D eigenvalue weighted by Gasteiger charge is 2.14. The smallest absolute Gasteiger partial charge is 0.275 e. The molecular weight excluding hydrogens is 312 g/mol. The number of hydrogen-bond acceptors (Lipinski definition) is 5. The Bertz CT molecular complexity index is 805. The molecule has 0 aliphatic heterocycles. The maximum atomic E-state index is 12.2. The number of aryl methyl sites for hydroxylation is 1. The van der Waals surface area contributed by atoms with E-state index in [1.807, 2.05) is 43.3 Å². The summed E-state index contributed by atoms with van der Waals surface area (Å²) in [5.41, 5.74) is 2.08. The lowest BCUT2D eigenvalue weighted by molar-refractivity contribution is 0.102. The molecule has 3 rings (SSSR count). The van der Waals surface area contributed by atoms with Crippen LogP contribution in [0.2, 0.25) is 0 Å². The van der Waals surface area contributed by atoms with Crippen molar-refractivity contribution in [3.63, 3.8) is 0 Å². The molecule has 23 heavy (non-hydrogen) atoms. The summed E-state index contributed by atoms with van der Waals surface area (Å²) in [4.78, 5) is 16.6. The van der Waals surface area contributed by atoms with Crippen LogP contribution in [0.4, 0.5) is 5.69 Å². The van der Waals surface area contributed by atoms with Crippen LogP contribution in [0, 0.1) is 6.92 Å². The molecule has 1 amide bonds. The number of carbonyl (C=O) groups is 1. The third kappa shape index (κ3) is 3.67. The highest BCUT2D eigenvalue weighted by atomic mass is 32.1. The van der Waals surface area contributed by atoms with Crippen molar-refractivity contribution in [2.75, 3.05) is 11.9 Å². The van der Waals surface area contributed by atoms with Crippen molar-refractivity contribution >= 4 is 22.9 Å². The summed E-state index contributed by atoms with van der Waals surface area (Å²) < 4.78 is 5.51. The van der Waals surface area contributed by atoms with Gasteiger partial charge in [-0.1, -0.05) is 12.1 Å². The molecule has 0 unspecified atom stereocenters. The van der Waals surface area contributed by atoms with Crippen molar-refractivity contribution in [2.45, 2.75) is 13.3 Å². The molecule has 0 radical (unpaired) electrons. The lowest BCUT2D eigenvalue weighted by Crippen LogP contribution is -2.12. The van der Waals surface area contributed by atoms with Crippen LogP contribution in [0.5, 0.6) is 0 Å². The Morgan fingerprint density at radius 2 is 2.04 bits per heavy atom. The number of thiazole rings is 1. The van der Waals surface area contributed by atoms with Gasteiger partial charge in [-0.05, 0) is 43.2 Å². The van der Waals surface area contributed by atoms with Crippen LogP contribution in [0.3, 0.4) is 0 Å². The molecule has 2 heterocycles. The third-order valence-corrected chi connectivity index (χ3v) is 4.16. The molecule has 2 aromatic heterocycles. The van der Waals surface area contributed by atoms with Crippen LogP contribution in [0.15, 0.2) is 46.2 Å². The number of benzene rings is 1. The van der Waals surface area contributed by atoms with Gasteiger partial charge in [0.2, 0.25) is 0 Å². The topological polar surface area (TPSA) is 75.4 Å². The number of nitrogens with one attached hydrogen (secondary N) is 1. The van der Waals surface area contributed by atoms with Gasteiger partial charge < -0.3 is 14.8 Å². The molecule has 0 aliphatic rings. The SMILES string of the molecule is Cc1ccc(-c2nc(C(=O)Nc3ccc(CCO)cc3)cs2)o1. The number of anilines is 1. The summed E-state index contributed by atoms with van der Waals surface area (Å²) in [6.07, 6.45) is 0.603. The van der Waals surface area contributed by atoms with Crippen molar-refractivity contribution < 1.29 is 14.3 Å². The van der Waals surface area contributed by atoms with Gasteiger partial charge in [0, 0.05) is 17.7 Å². The Morgan fingerprint density at radius 3 is 2.70 bits per heavy atom. The van der Waals surface area contributed by atoms with Crippen LogP contribution in [0.1, 0.15) is 21.8 Å². The van der Waals surface area contributed by atoms with Crippen LogP contribution in [-0.4, -0.2) is 22.6 Å². The van der Waals surface area contributed by atoms with E-state index in [1.165, 1.54) is 11.3 Å². The summed E-state index contributed by atoms with van der Waals surface area (Å²) in [7, 11) is 0. The molecule has 118 valence electrons. The molecule has 0 aliphatic carbocycles. The Kier molecular flexibility index (Phi) is 4.55. The van der Waals surface area contributed by atoms with Crippen molar-refractivity contribution in [1.82, 2.24) is 4.98 Å². The monoisotopic (exact) mass is 328 g/mol. The van der Waals surface area contributed by atoms with Crippen LogP contribution >= 0.6 is 11.3 Å². The standard InChI is InChI=1S/C17H16N2O3S/c1-11-2-7-15(22-11)17-19-14(10-23-17)16(21)18-13-5-3-12(4-6-13)8-9-20/h2-7,10,20H,8-9H2,1H3,(H,18,21). The predicted octanol–water partition coefficient (Wildman–Crippen LogP) is 3.50. The summed E-state index contributed by atoms with van der Waals surface area (Å²) in [5, 5.41) is 14.1. The van der Waals surface area contributed by atoms with Gasteiger partial charge >= 0.3 is 0 Å². The normalized spacial score (nSPS) is 10.7. The minimum atomic E-state index is -0.259. The van der Waals surface area contributed by atoms with E-state index in [9.17, 15) is 4.79 Å². The number of furan rings is 1. The lowest BCUT2D eigenvalue weighted by atomic mass is 10.1. The average molecular weight is 328 g/mol. The summed E-state index contributed by atoms with van der Waals surface area (Å²) in [5.74, 6) is 1.22. The average Bonchev–Trinajstić information content (AvgIpc) is 3.18. The Labute approximate surface area is 137 Å². The maximum absolute atomic E-state index is 12.2. The molecule has 2 N–H and O–H groups in total. The molecule has 3 aromatic rings. The van der Waals surface area contributed by atoms with Crippen molar-refractivity contribution in [3.05, 3.63) is 58.8 Å². The van der Waals surface area contributed by atoms with Gasteiger partial charge in [-0.25, -0.2) is 4.98 Å². The van der Waals surface area contributed by atoms with Gasteiger partial charge in [0.25, 0.3) is 5.91 Å². The summed E-state index contributed by atoms with van der Waals surface area (Å²) in [6.45, 7) is 1.98. The van der Waals surface area contributed by atoms with Gasteiger partial charge in [0.05, 0.1) is 0 Å². The number of carbonyl (C=O) groups excluding carboxylic acids is 1. The molecule has 0 spiro atoms. The van der Waals surface area contributed by atoms with E-state index in [0.29, 0.717) is 28.6 Å². The van der Waals surface area contributed by atoms with Gasteiger partial charge in [-0.2, -0.15) is 0 Å². The van der Waals surface area contributed by atoms with E-state index in [1.54, 1.807) is 5.38 Å². The highest BCUT2D eigenvalue weighted by molar-refractivity contribution is 7.13. The maximum Gasteiger partial charge on any atom is 0.275 e. The number of aliphatic hydroxyl groups is 1. The zero-order chi connectivity index (χ0) is 16.2. The second-order valence-electron chi connectivity index (χ2n) is 5.07. The van der Waals surface area contributed by atoms with Crippen molar-refractivity contribution in [1.29, 1.82) is 0 Å². The van der Waals surface area contributed by atoms with E-state index in [2.05, 4.69) is 10.3 Å². The minimum absolute atomic E-state index is 0.111. The molecule has 5 nitrogen and oxygen atoms in total. The quantitative estimate of drug-likeness (QED) is 0.751. The van der Waals surface area contributed by atoms with E-state index in [-0.39, 0.29) is 12.5 Å². The van der Waals surface area contributed by atoms with Gasteiger partial charge in [-0.3, -0.25) is 4.79 Å². The molecular formula is C17H16N2O3S. The van der Waals surface area contributed by atoms with Gasteiger partial charge in [0.1, 0.15) is 11.5 Å². The highest BCUT2D eigenvalue weighted by Crippen LogP contribution is 2.25. The largest absolute Gasteiger partial charge is 0.459 e. The van der Waals surface area contributed by atoms with Crippen molar-refractivity contribution in [3.8, 4) is 10.8 Å². The van der Waals surface area contributed by atoms with E-state index < -0.39 is 0 Å². The first-order valence-corrected chi connectivity index (χ1v) is 8.07. The first-order chi connectivity index (χ1) is 11.2. The van der Waals surface area contributed by atoms with Crippen LogP contribution in [0.25, 0.3) is 10.8 Å². The second kappa shape index (κ2) is 6.76. The number of amides is 1. The number of rotatable bonds is 5. The zero-order valence-corrected chi connectivity index (χ0v) is 13.4. The van der Waals surface area contributed by atoms with Gasteiger partial charge in [0.15, 0.2) is 10.8 Å². The molecule has 6 heteroatoms. The minimum Gasteiger partial charge on any atom is -0.459 e. The Morgan fingerprint density at radius 1 is 1.26 bits per heavy atom. The fraction of sp³-hybridized carbons (Fsp3) is 0.176. The molecule has 0 saturated heterocycles. The van der Waals surface area contributed by atoms with Gasteiger partial charge in [-0.15, -0.1) is 11.3 Å². The summed E-state index contributed by atoms with van der Waals surface area (Å²) >= 11 is 1.37. The fourth-order valence-corrected chi connectivity index (χ4v) is 2.88. The predicted molar refractivity (Wildman–Crippen MR) is 89.7 cm³/mol. The second-order valence-corrected chi connectivity index (χ2v) is 5.93. The van der Waals surface area contributed by atoms with E-state index >= 15 is 0 Å². The number of aliphatic hydroxyl groups excluding tert-OH is 1. The molecule has 1 aromatic carbocycles. The van der Waals surface area contributed by atoms with E-state index in [0.717, 1.165) is 11.3 Å². The Balaban J connectivity index is 1.70. The van der Waals surface area contributed by atoms with E-state index in [4.69, 9.17) is 9.52 Å². The Hall–Kier alpha value is -2.44. The molecule has 0 atom stereocenters. The molecule has 0 fully saturated rings. The first-order valence-electron chi connectivity index (χ1n) is 7.19. The molecule has 0 saturated carbocycles. The zero-order valence-electron chi connectivity index (χ0n) is 12.6. The fourth-order valence-electron chi connectivity index (χ4n) is 2.12. The number of nitrogens with zero attached hydrogens (tertiary/aromatic N) is 1. The van der Waals surface area contributed by atoms with Crippen LogP contribution < -0.4 is 5.32 Å². The summed E-state index contributed by atoms with van der Waals surface area (Å²) in [6, 6.07) is 11.1. The lowest BCUT2D eigenvalue weighted by Gasteiger charge is -2.04. The molecule has 0 bridgehead atoms. The third-order valence-electron chi connectivity index (χ3n) is 3.30. The van der Waals surface area contributed by atoms with Crippen LogP contribution in [-0.2, 0) is 6.42 Å². The van der Waals surface area contributed by atoms with Crippen molar-refractivity contribution in [2.24, 2.45) is 0 Å². The number of aromatic nitrogens is 1.